The summed E-state index contributed by atoms with van der Waals surface area (Å²) in [5.41, 5.74) is 1.94. The highest BCUT2D eigenvalue weighted by molar-refractivity contribution is 9.10. The first-order valence-corrected chi connectivity index (χ1v) is 5.72. The van der Waals surface area contributed by atoms with Crippen LogP contribution < -0.4 is 0 Å². The SMILES string of the molecule is Brc1ccc2oc(-c3ccncc3)cc2c1. The molecule has 0 saturated heterocycles. The van der Waals surface area contributed by atoms with E-state index in [4.69, 9.17) is 4.42 Å². The van der Waals surface area contributed by atoms with Crippen LogP contribution in [-0.4, -0.2) is 4.98 Å². The molecule has 1 aromatic carbocycles. The average molecular weight is 274 g/mol. The molecular weight excluding hydrogens is 266 g/mol. The largest absolute Gasteiger partial charge is 0.456 e. The van der Waals surface area contributed by atoms with Gasteiger partial charge in [-0.25, -0.2) is 0 Å². The topological polar surface area (TPSA) is 26.0 Å². The predicted octanol–water partition coefficient (Wildman–Crippen LogP) is 4.26. The summed E-state index contributed by atoms with van der Waals surface area (Å²) in [5.74, 6) is 0.871. The van der Waals surface area contributed by atoms with Crippen LogP contribution in [0, 0.1) is 0 Å². The highest BCUT2D eigenvalue weighted by Crippen LogP contribution is 2.29. The van der Waals surface area contributed by atoms with Gasteiger partial charge in [-0.1, -0.05) is 15.9 Å². The fourth-order valence-corrected chi connectivity index (χ4v) is 2.05. The molecule has 2 heterocycles. The Morgan fingerprint density at radius 3 is 2.62 bits per heavy atom. The second kappa shape index (κ2) is 3.76. The van der Waals surface area contributed by atoms with Crippen molar-refractivity contribution in [1.29, 1.82) is 0 Å². The van der Waals surface area contributed by atoms with Gasteiger partial charge in [-0.3, -0.25) is 4.98 Å². The van der Waals surface area contributed by atoms with Gasteiger partial charge in [-0.15, -0.1) is 0 Å². The van der Waals surface area contributed by atoms with E-state index >= 15 is 0 Å². The minimum Gasteiger partial charge on any atom is -0.456 e. The van der Waals surface area contributed by atoms with Gasteiger partial charge in [0.25, 0.3) is 0 Å². The lowest BCUT2D eigenvalue weighted by atomic mass is 10.2. The Balaban J connectivity index is 2.19. The number of fused-ring (bicyclic) bond motifs is 1. The molecule has 16 heavy (non-hydrogen) atoms. The molecule has 0 N–H and O–H groups in total. The molecule has 78 valence electrons. The first-order chi connectivity index (χ1) is 7.83. The van der Waals surface area contributed by atoms with Crippen molar-refractivity contribution < 1.29 is 4.42 Å². The molecule has 0 aliphatic carbocycles. The van der Waals surface area contributed by atoms with Crippen LogP contribution >= 0.6 is 15.9 Å². The lowest BCUT2D eigenvalue weighted by molar-refractivity contribution is 0.631. The van der Waals surface area contributed by atoms with E-state index in [-0.39, 0.29) is 0 Å². The van der Waals surface area contributed by atoms with Crippen LogP contribution in [0.3, 0.4) is 0 Å². The van der Waals surface area contributed by atoms with Gasteiger partial charge in [0.15, 0.2) is 0 Å². The van der Waals surface area contributed by atoms with Crippen molar-refractivity contribution in [3.8, 4) is 11.3 Å². The van der Waals surface area contributed by atoms with Crippen molar-refractivity contribution in [3.63, 3.8) is 0 Å². The number of hydrogen-bond acceptors (Lipinski definition) is 2. The van der Waals surface area contributed by atoms with Crippen molar-refractivity contribution in [2.45, 2.75) is 0 Å². The zero-order valence-corrected chi connectivity index (χ0v) is 9.94. The Kier molecular flexibility index (Phi) is 2.26. The molecule has 3 heteroatoms. The molecule has 0 atom stereocenters. The van der Waals surface area contributed by atoms with Crippen LogP contribution in [0.4, 0.5) is 0 Å². The van der Waals surface area contributed by atoms with Gasteiger partial charge in [0.2, 0.25) is 0 Å². The molecular formula is C13H8BrNO. The molecule has 0 bridgehead atoms. The quantitative estimate of drug-likeness (QED) is 0.662. The fourth-order valence-electron chi connectivity index (χ4n) is 1.67. The van der Waals surface area contributed by atoms with E-state index in [9.17, 15) is 0 Å². The van der Waals surface area contributed by atoms with Crippen molar-refractivity contribution in [3.05, 3.63) is 53.3 Å². The predicted molar refractivity (Wildman–Crippen MR) is 67.1 cm³/mol. The van der Waals surface area contributed by atoms with Crippen LogP contribution in [0.1, 0.15) is 0 Å². The lowest BCUT2D eigenvalue weighted by Gasteiger charge is -1.92. The zero-order chi connectivity index (χ0) is 11.0. The summed E-state index contributed by atoms with van der Waals surface area (Å²) in [6, 6.07) is 11.9. The second-order valence-corrected chi connectivity index (χ2v) is 4.44. The monoisotopic (exact) mass is 273 g/mol. The highest BCUT2D eigenvalue weighted by atomic mass is 79.9. The molecule has 3 rings (SSSR count). The number of pyridine rings is 1. The van der Waals surface area contributed by atoms with E-state index in [1.807, 2.05) is 36.4 Å². The number of halogens is 1. The standard InChI is InChI=1S/C13H8BrNO/c14-11-1-2-12-10(7-11)8-13(16-12)9-3-5-15-6-4-9/h1-8H. The van der Waals surface area contributed by atoms with E-state index in [0.717, 1.165) is 26.8 Å². The van der Waals surface area contributed by atoms with Gasteiger partial charge in [0.1, 0.15) is 11.3 Å². The van der Waals surface area contributed by atoms with Gasteiger partial charge in [-0.2, -0.15) is 0 Å². The Morgan fingerprint density at radius 2 is 1.81 bits per heavy atom. The number of rotatable bonds is 1. The summed E-state index contributed by atoms with van der Waals surface area (Å²) in [7, 11) is 0. The Morgan fingerprint density at radius 1 is 1.00 bits per heavy atom. The van der Waals surface area contributed by atoms with E-state index in [2.05, 4.69) is 20.9 Å². The maximum absolute atomic E-state index is 5.76. The zero-order valence-electron chi connectivity index (χ0n) is 8.35. The average Bonchev–Trinajstić information content (AvgIpc) is 2.73. The van der Waals surface area contributed by atoms with Crippen LogP contribution in [0.25, 0.3) is 22.3 Å². The molecule has 2 nitrogen and oxygen atoms in total. The van der Waals surface area contributed by atoms with E-state index < -0.39 is 0 Å². The minimum absolute atomic E-state index is 0.871. The Hall–Kier alpha value is -1.61. The summed E-state index contributed by atoms with van der Waals surface area (Å²) in [5, 5.41) is 1.10. The van der Waals surface area contributed by atoms with E-state index in [1.165, 1.54) is 0 Å². The third-order valence-corrected chi connectivity index (χ3v) is 2.94. The van der Waals surface area contributed by atoms with E-state index in [1.54, 1.807) is 12.4 Å². The molecule has 0 aliphatic heterocycles. The van der Waals surface area contributed by atoms with Gasteiger partial charge >= 0.3 is 0 Å². The van der Waals surface area contributed by atoms with Crippen molar-refractivity contribution in [2.75, 3.05) is 0 Å². The van der Waals surface area contributed by atoms with Gasteiger partial charge < -0.3 is 4.42 Å². The van der Waals surface area contributed by atoms with Crippen molar-refractivity contribution >= 4 is 26.9 Å². The van der Waals surface area contributed by atoms with Gasteiger partial charge in [0.05, 0.1) is 0 Å². The van der Waals surface area contributed by atoms with Crippen LogP contribution in [0.5, 0.6) is 0 Å². The number of aromatic nitrogens is 1. The lowest BCUT2D eigenvalue weighted by Crippen LogP contribution is -1.72. The van der Waals surface area contributed by atoms with Crippen molar-refractivity contribution in [2.24, 2.45) is 0 Å². The van der Waals surface area contributed by atoms with Crippen LogP contribution in [0.15, 0.2) is 57.7 Å². The summed E-state index contributed by atoms with van der Waals surface area (Å²) < 4.78 is 6.82. The third kappa shape index (κ3) is 1.63. The Bertz CT molecular complexity index is 631. The van der Waals surface area contributed by atoms with Crippen molar-refractivity contribution in [1.82, 2.24) is 4.98 Å². The maximum atomic E-state index is 5.76. The van der Waals surface area contributed by atoms with Gasteiger partial charge in [-0.05, 0) is 36.4 Å². The Labute approximate surface area is 101 Å². The molecule has 0 unspecified atom stereocenters. The summed E-state index contributed by atoms with van der Waals surface area (Å²) in [6.07, 6.45) is 3.52. The van der Waals surface area contributed by atoms with E-state index in [0.29, 0.717) is 0 Å². The molecule has 3 aromatic rings. The number of hydrogen-bond donors (Lipinski definition) is 0. The summed E-state index contributed by atoms with van der Waals surface area (Å²) in [6.45, 7) is 0. The number of furan rings is 1. The second-order valence-electron chi connectivity index (χ2n) is 3.53. The number of nitrogens with zero attached hydrogens (tertiary/aromatic N) is 1. The normalized spacial score (nSPS) is 10.8. The first-order valence-electron chi connectivity index (χ1n) is 4.92. The highest BCUT2D eigenvalue weighted by Gasteiger charge is 2.05. The molecule has 0 aliphatic rings. The number of benzene rings is 1. The molecule has 0 amide bonds. The maximum Gasteiger partial charge on any atom is 0.135 e. The molecule has 0 fully saturated rings. The van der Waals surface area contributed by atoms with Crippen LogP contribution in [-0.2, 0) is 0 Å². The third-order valence-electron chi connectivity index (χ3n) is 2.44. The molecule has 2 aromatic heterocycles. The van der Waals surface area contributed by atoms with Crippen LogP contribution in [0.2, 0.25) is 0 Å². The fraction of sp³-hybridized carbons (Fsp3) is 0. The minimum atomic E-state index is 0.871. The van der Waals surface area contributed by atoms with Gasteiger partial charge in [0, 0.05) is 27.8 Å². The summed E-state index contributed by atoms with van der Waals surface area (Å²) >= 11 is 3.45. The molecule has 0 radical (unpaired) electrons. The molecule has 0 saturated carbocycles. The summed E-state index contributed by atoms with van der Waals surface area (Å²) in [4.78, 5) is 3.99. The first kappa shape index (κ1) is 9.60. The molecule has 0 spiro atoms. The smallest absolute Gasteiger partial charge is 0.135 e.